The molecular formula is C22H21F3N6O. The van der Waals surface area contributed by atoms with Crippen molar-refractivity contribution in [3.05, 3.63) is 60.3 Å². The number of halogens is 3. The summed E-state index contributed by atoms with van der Waals surface area (Å²) in [5.41, 5.74) is 1.76. The van der Waals surface area contributed by atoms with E-state index in [9.17, 15) is 18.0 Å². The van der Waals surface area contributed by atoms with Gasteiger partial charge in [-0.2, -0.15) is 5.10 Å². The van der Waals surface area contributed by atoms with E-state index in [1.807, 2.05) is 10.7 Å². The fraction of sp³-hybridized carbons (Fsp3) is 0.318. The van der Waals surface area contributed by atoms with Gasteiger partial charge >= 0.3 is 6.03 Å². The van der Waals surface area contributed by atoms with E-state index >= 15 is 0 Å². The Hall–Kier alpha value is -3.56. The van der Waals surface area contributed by atoms with Crippen LogP contribution in [0.25, 0.3) is 11.1 Å². The van der Waals surface area contributed by atoms with Crippen molar-refractivity contribution in [2.75, 3.05) is 29.9 Å². The van der Waals surface area contributed by atoms with Gasteiger partial charge in [-0.3, -0.25) is 4.68 Å². The first-order chi connectivity index (χ1) is 15.4. The molecule has 2 aliphatic heterocycles. The van der Waals surface area contributed by atoms with E-state index in [0.717, 1.165) is 5.69 Å². The number of carbonyl (C=O) groups is 1. The van der Waals surface area contributed by atoms with Crippen LogP contribution in [0, 0.1) is 5.82 Å². The summed E-state index contributed by atoms with van der Waals surface area (Å²) in [5.74, 6) is -3.12. The number of carbonyl (C=O) groups excluding carboxylic acids is 1. The molecular weight excluding hydrogens is 421 g/mol. The SMILES string of the molecule is O=C(Nc1c(-c2ccccc2F)ccnc1N1CCC(F)(F)C1)N1CCn2nccc2C1. The van der Waals surface area contributed by atoms with Crippen LogP contribution in [0.5, 0.6) is 0 Å². The Kier molecular flexibility index (Phi) is 4.99. The van der Waals surface area contributed by atoms with Gasteiger partial charge in [-0.1, -0.05) is 18.2 Å². The molecule has 0 radical (unpaired) electrons. The number of nitrogens with one attached hydrogen (secondary N) is 1. The Bertz CT molecular complexity index is 1160. The number of hydrogen-bond acceptors (Lipinski definition) is 4. The van der Waals surface area contributed by atoms with Gasteiger partial charge in [0.25, 0.3) is 5.92 Å². The predicted octanol–water partition coefficient (Wildman–Crippen LogP) is 3.98. The van der Waals surface area contributed by atoms with Crippen molar-refractivity contribution < 1.29 is 18.0 Å². The van der Waals surface area contributed by atoms with Crippen LogP contribution in [-0.4, -0.2) is 51.3 Å². The maximum atomic E-state index is 14.6. The molecule has 1 fully saturated rings. The van der Waals surface area contributed by atoms with E-state index < -0.39 is 24.3 Å². The van der Waals surface area contributed by atoms with Crippen molar-refractivity contribution in [1.29, 1.82) is 0 Å². The monoisotopic (exact) mass is 442 g/mol. The van der Waals surface area contributed by atoms with Crippen LogP contribution in [-0.2, 0) is 13.1 Å². The Morgan fingerprint density at radius 3 is 2.66 bits per heavy atom. The Labute approximate surface area is 182 Å². The third-order valence-electron chi connectivity index (χ3n) is 5.82. The number of pyridine rings is 1. The molecule has 1 N–H and O–H groups in total. The standard InChI is InChI=1S/C22H21F3N6O/c23-18-4-2-1-3-16(18)17-6-8-26-20(30-10-7-22(24,25)14-30)19(17)28-21(32)29-11-12-31-15(13-29)5-9-27-31/h1-6,8-9H,7,10-14H2,(H,28,32). The summed E-state index contributed by atoms with van der Waals surface area (Å²) >= 11 is 0. The molecule has 32 heavy (non-hydrogen) atoms. The fourth-order valence-corrected chi connectivity index (χ4v) is 4.18. The van der Waals surface area contributed by atoms with Gasteiger partial charge < -0.3 is 15.1 Å². The number of hydrogen-bond donors (Lipinski definition) is 1. The second-order valence-electron chi connectivity index (χ2n) is 7.96. The second kappa shape index (κ2) is 7.85. The van der Waals surface area contributed by atoms with Crippen LogP contribution in [0.1, 0.15) is 12.1 Å². The zero-order chi connectivity index (χ0) is 22.3. The smallest absolute Gasteiger partial charge is 0.322 e. The molecule has 0 aliphatic carbocycles. The van der Waals surface area contributed by atoms with E-state index in [2.05, 4.69) is 15.4 Å². The summed E-state index contributed by atoms with van der Waals surface area (Å²) in [4.78, 5) is 20.5. The summed E-state index contributed by atoms with van der Waals surface area (Å²) < 4.78 is 44.3. The summed E-state index contributed by atoms with van der Waals surface area (Å²) in [6, 6.07) is 9.16. The van der Waals surface area contributed by atoms with Crippen LogP contribution >= 0.6 is 0 Å². The third-order valence-corrected chi connectivity index (χ3v) is 5.82. The minimum Gasteiger partial charge on any atom is -0.349 e. The molecule has 1 saturated heterocycles. The quantitative estimate of drug-likeness (QED) is 0.667. The Morgan fingerprint density at radius 1 is 1.03 bits per heavy atom. The van der Waals surface area contributed by atoms with Crippen LogP contribution in [0.15, 0.2) is 48.8 Å². The number of fused-ring (bicyclic) bond motifs is 1. The van der Waals surface area contributed by atoms with Crippen LogP contribution in [0.4, 0.5) is 29.5 Å². The lowest BCUT2D eigenvalue weighted by Gasteiger charge is -2.29. The van der Waals surface area contributed by atoms with Gasteiger partial charge in [-0.25, -0.2) is 22.9 Å². The molecule has 2 aliphatic rings. The fourth-order valence-electron chi connectivity index (χ4n) is 4.18. The highest BCUT2D eigenvalue weighted by Gasteiger charge is 2.40. The van der Waals surface area contributed by atoms with Gasteiger partial charge in [0.15, 0.2) is 5.82 Å². The van der Waals surface area contributed by atoms with Gasteiger partial charge in [0.1, 0.15) is 5.82 Å². The molecule has 10 heteroatoms. The van der Waals surface area contributed by atoms with Gasteiger partial charge in [-0.05, 0) is 18.2 Å². The third kappa shape index (κ3) is 3.76. The van der Waals surface area contributed by atoms with E-state index in [1.54, 1.807) is 35.4 Å². The molecule has 1 aromatic carbocycles. The lowest BCUT2D eigenvalue weighted by Crippen LogP contribution is -2.41. The molecule has 0 bridgehead atoms. The highest BCUT2D eigenvalue weighted by atomic mass is 19.3. The number of aromatic nitrogens is 3. The molecule has 0 unspecified atom stereocenters. The minimum atomic E-state index is -2.85. The van der Waals surface area contributed by atoms with E-state index in [0.29, 0.717) is 25.2 Å². The molecule has 2 aromatic heterocycles. The number of benzene rings is 1. The molecule has 0 saturated carbocycles. The van der Waals surface area contributed by atoms with Crippen molar-refractivity contribution in [3.8, 4) is 11.1 Å². The number of anilines is 2. The number of urea groups is 1. The number of alkyl halides is 2. The van der Waals surface area contributed by atoms with Crippen molar-refractivity contribution in [2.45, 2.75) is 25.4 Å². The molecule has 0 spiro atoms. The van der Waals surface area contributed by atoms with Crippen LogP contribution in [0.2, 0.25) is 0 Å². The van der Waals surface area contributed by atoms with Gasteiger partial charge in [0, 0.05) is 43.0 Å². The summed E-state index contributed by atoms with van der Waals surface area (Å²) in [5, 5.41) is 7.05. The zero-order valence-electron chi connectivity index (χ0n) is 17.1. The predicted molar refractivity (Wildman–Crippen MR) is 113 cm³/mol. The normalized spacial score (nSPS) is 17.3. The summed E-state index contributed by atoms with van der Waals surface area (Å²) in [7, 11) is 0. The maximum Gasteiger partial charge on any atom is 0.322 e. The average Bonchev–Trinajstić information content (AvgIpc) is 3.39. The van der Waals surface area contributed by atoms with Crippen molar-refractivity contribution in [2.24, 2.45) is 0 Å². The molecule has 7 nitrogen and oxygen atoms in total. The van der Waals surface area contributed by atoms with Crippen molar-refractivity contribution in [1.82, 2.24) is 19.7 Å². The number of amides is 2. The molecule has 166 valence electrons. The average molecular weight is 442 g/mol. The lowest BCUT2D eigenvalue weighted by atomic mass is 10.0. The molecule has 3 aromatic rings. The van der Waals surface area contributed by atoms with E-state index in [4.69, 9.17) is 0 Å². The topological polar surface area (TPSA) is 66.3 Å². The van der Waals surface area contributed by atoms with Gasteiger partial charge in [-0.15, -0.1) is 0 Å². The van der Waals surface area contributed by atoms with E-state index in [-0.39, 0.29) is 30.0 Å². The van der Waals surface area contributed by atoms with E-state index in [1.165, 1.54) is 17.2 Å². The summed E-state index contributed by atoms with van der Waals surface area (Å²) in [6.45, 7) is 0.929. The van der Waals surface area contributed by atoms with Gasteiger partial charge in [0.2, 0.25) is 0 Å². The summed E-state index contributed by atoms with van der Waals surface area (Å²) in [6.07, 6.45) is 2.82. The largest absolute Gasteiger partial charge is 0.349 e. The van der Waals surface area contributed by atoms with Crippen molar-refractivity contribution >= 4 is 17.5 Å². The minimum absolute atomic E-state index is 0.0898. The van der Waals surface area contributed by atoms with Gasteiger partial charge in [0.05, 0.1) is 31.0 Å². The number of nitrogens with zero attached hydrogens (tertiary/aromatic N) is 5. The molecule has 2 amide bonds. The van der Waals surface area contributed by atoms with Crippen LogP contribution < -0.4 is 10.2 Å². The second-order valence-corrected chi connectivity index (χ2v) is 7.96. The number of rotatable bonds is 3. The highest BCUT2D eigenvalue weighted by Crippen LogP contribution is 2.39. The molecule has 5 rings (SSSR count). The zero-order valence-corrected chi connectivity index (χ0v) is 17.1. The van der Waals surface area contributed by atoms with Crippen LogP contribution in [0.3, 0.4) is 0 Å². The molecule has 4 heterocycles. The Balaban J connectivity index is 1.51. The lowest BCUT2D eigenvalue weighted by molar-refractivity contribution is 0.0257. The first-order valence-electron chi connectivity index (χ1n) is 10.3. The Morgan fingerprint density at radius 2 is 1.88 bits per heavy atom. The first kappa shape index (κ1) is 20.3. The first-order valence-corrected chi connectivity index (χ1v) is 10.3. The maximum absolute atomic E-state index is 14.6. The highest BCUT2D eigenvalue weighted by molar-refractivity contribution is 5.98. The molecule has 0 atom stereocenters. The van der Waals surface area contributed by atoms with Crippen molar-refractivity contribution in [3.63, 3.8) is 0 Å².